The number of aryl methyl sites for hydroxylation is 1. The largest absolute Gasteiger partial charge is 0.337 e. The second kappa shape index (κ2) is 8.34. The molecule has 26 heavy (non-hydrogen) atoms. The molecular formula is C23H24N2O. The van der Waals surface area contributed by atoms with Gasteiger partial charge >= 0.3 is 6.03 Å². The molecule has 0 heterocycles. The van der Waals surface area contributed by atoms with Gasteiger partial charge in [-0.15, -0.1) is 0 Å². The van der Waals surface area contributed by atoms with E-state index >= 15 is 0 Å². The number of nitrogens with one attached hydrogen (secondary N) is 2. The van der Waals surface area contributed by atoms with Crippen LogP contribution in [0.25, 0.3) is 0 Å². The first-order valence-corrected chi connectivity index (χ1v) is 8.86. The summed E-state index contributed by atoms with van der Waals surface area (Å²) >= 11 is 0. The van der Waals surface area contributed by atoms with E-state index < -0.39 is 0 Å². The third kappa shape index (κ3) is 4.31. The number of carbonyl (C=O) groups excluding carboxylic acids is 1. The van der Waals surface area contributed by atoms with Gasteiger partial charge in [-0.1, -0.05) is 72.8 Å². The van der Waals surface area contributed by atoms with Gasteiger partial charge in [0.15, 0.2) is 0 Å². The van der Waals surface area contributed by atoms with E-state index in [2.05, 4.69) is 34.9 Å². The summed E-state index contributed by atoms with van der Waals surface area (Å²) in [6.45, 7) is 4.59. The average molecular weight is 344 g/mol. The van der Waals surface area contributed by atoms with Crippen molar-refractivity contribution in [2.75, 3.05) is 11.9 Å². The maximum absolute atomic E-state index is 12.4. The van der Waals surface area contributed by atoms with Crippen LogP contribution in [-0.4, -0.2) is 12.6 Å². The predicted octanol–water partition coefficient (Wildman–Crippen LogP) is 5.26. The summed E-state index contributed by atoms with van der Waals surface area (Å²) in [5, 5.41) is 5.98. The van der Waals surface area contributed by atoms with Gasteiger partial charge in [-0.3, -0.25) is 0 Å². The van der Waals surface area contributed by atoms with Gasteiger partial charge in [0.1, 0.15) is 0 Å². The van der Waals surface area contributed by atoms with E-state index in [-0.39, 0.29) is 11.9 Å². The highest BCUT2D eigenvalue weighted by atomic mass is 16.2. The summed E-state index contributed by atoms with van der Waals surface area (Å²) in [5.74, 6) is 0.113. The summed E-state index contributed by atoms with van der Waals surface area (Å²) in [6.07, 6.45) is 0. The van der Waals surface area contributed by atoms with Gasteiger partial charge in [0.05, 0.1) is 0 Å². The highest BCUT2D eigenvalue weighted by molar-refractivity contribution is 5.90. The third-order valence-corrected chi connectivity index (χ3v) is 4.72. The monoisotopic (exact) mass is 344 g/mol. The minimum Gasteiger partial charge on any atom is -0.337 e. The number of benzene rings is 3. The molecule has 0 spiro atoms. The van der Waals surface area contributed by atoms with E-state index in [9.17, 15) is 4.79 Å². The maximum Gasteiger partial charge on any atom is 0.319 e. The fourth-order valence-corrected chi connectivity index (χ4v) is 3.05. The highest BCUT2D eigenvalue weighted by Gasteiger charge is 2.15. The molecule has 0 bridgehead atoms. The Morgan fingerprint density at radius 3 is 1.96 bits per heavy atom. The van der Waals surface area contributed by atoms with Crippen LogP contribution in [0.2, 0.25) is 0 Å². The molecule has 3 rings (SSSR count). The second-order valence-electron chi connectivity index (χ2n) is 6.46. The van der Waals surface area contributed by atoms with Gasteiger partial charge in [-0.05, 0) is 42.2 Å². The standard InChI is InChI=1S/C23H24N2O/c1-17-10-9-15-22(18(17)2)25-23(26)24-16-21(19-11-5-3-6-12-19)20-13-7-4-8-14-20/h3-15,21H,16H2,1-2H3,(H2,24,25,26). The van der Waals surface area contributed by atoms with Crippen molar-refractivity contribution in [2.24, 2.45) is 0 Å². The molecule has 0 radical (unpaired) electrons. The molecule has 0 aliphatic heterocycles. The van der Waals surface area contributed by atoms with E-state index in [4.69, 9.17) is 0 Å². The van der Waals surface area contributed by atoms with E-state index in [1.165, 1.54) is 11.1 Å². The fraction of sp³-hybridized carbons (Fsp3) is 0.174. The van der Waals surface area contributed by atoms with Crippen LogP contribution in [0.5, 0.6) is 0 Å². The lowest BCUT2D eigenvalue weighted by molar-refractivity contribution is 0.252. The summed E-state index contributed by atoms with van der Waals surface area (Å²) in [5.41, 5.74) is 5.47. The van der Waals surface area contributed by atoms with Crippen molar-refractivity contribution < 1.29 is 4.79 Å². The zero-order valence-electron chi connectivity index (χ0n) is 15.2. The van der Waals surface area contributed by atoms with Gasteiger partial charge < -0.3 is 10.6 Å². The first-order valence-electron chi connectivity index (χ1n) is 8.86. The van der Waals surface area contributed by atoms with E-state index in [0.717, 1.165) is 16.8 Å². The predicted molar refractivity (Wildman–Crippen MR) is 108 cm³/mol. The summed E-state index contributed by atoms with van der Waals surface area (Å²) in [4.78, 5) is 12.4. The van der Waals surface area contributed by atoms with Crippen molar-refractivity contribution in [1.82, 2.24) is 5.32 Å². The lowest BCUT2D eigenvalue weighted by atomic mass is 9.91. The first-order chi connectivity index (χ1) is 12.6. The quantitative estimate of drug-likeness (QED) is 0.651. The molecular weight excluding hydrogens is 320 g/mol. The van der Waals surface area contributed by atoms with Gasteiger partial charge in [0.25, 0.3) is 0 Å². The second-order valence-corrected chi connectivity index (χ2v) is 6.46. The van der Waals surface area contributed by atoms with Gasteiger partial charge in [-0.25, -0.2) is 4.79 Å². The maximum atomic E-state index is 12.4. The minimum atomic E-state index is -0.185. The van der Waals surface area contributed by atoms with Crippen molar-refractivity contribution in [2.45, 2.75) is 19.8 Å². The van der Waals surface area contributed by atoms with Crippen molar-refractivity contribution in [1.29, 1.82) is 0 Å². The third-order valence-electron chi connectivity index (χ3n) is 4.72. The van der Waals surface area contributed by atoms with Gasteiger partial charge in [0, 0.05) is 18.2 Å². The molecule has 3 heteroatoms. The smallest absolute Gasteiger partial charge is 0.319 e. The lowest BCUT2D eigenvalue weighted by Crippen LogP contribution is -2.33. The molecule has 0 saturated heterocycles. The Bertz CT molecular complexity index is 820. The zero-order valence-corrected chi connectivity index (χ0v) is 15.2. The van der Waals surface area contributed by atoms with Crippen molar-refractivity contribution >= 4 is 11.7 Å². The van der Waals surface area contributed by atoms with E-state index in [1.807, 2.05) is 68.4 Å². The van der Waals surface area contributed by atoms with Crippen LogP contribution < -0.4 is 10.6 Å². The highest BCUT2D eigenvalue weighted by Crippen LogP contribution is 2.24. The molecule has 3 aromatic rings. The molecule has 0 atom stereocenters. The summed E-state index contributed by atoms with van der Waals surface area (Å²) < 4.78 is 0. The van der Waals surface area contributed by atoms with Crippen LogP contribution in [-0.2, 0) is 0 Å². The molecule has 2 amide bonds. The molecule has 3 nitrogen and oxygen atoms in total. The minimum absolute atomic E-state index is 0.113. The zero-order chi connectivity index (χ0) is 18.4. The number of hydrogen-bond acceptors (Lipinski definition) is 1. The Hall–Kier alpha value is -3.07. The SMILES string of the molecule is Cc1cccc(NC(=O)NCC(c2ccccc2)c2ccccc2)c1C. The number of urea groups is 1. The van der Waals surface area contributed by atoms with Crippen molar-refractivity contribution in [3.63, 3.8) is 0 Å². The fourth-order valence-electron chi connectivity index (χ4n) is 3.05. The Morgan fingerprint density at radius 2 is 1.38 bits per heavy atom. The molecule has 2 N–H and O–H groups in total. The van der Waals surface area contributed by atoms with E-state index in [0.29, 0.717) is 6.54 Å². The molecule has 0 unspecified atom stereocenters. The Balaban J connectivity index is 1.72. The number of carbonyl (C=O) groups is 1. The average Bonchev–Trinajstić information content (AvgIpc) is 2.67. The van der Waals surface area contributed by atoms with Crippen LogP contribution in [0.4, 0.5) is 10.5 Å². The molecule has 132 valence electrons. The number of rotatable bonds is 5. The Labute approximate surface area is 155 Å². The molecule has 0 fully saturated rings. The molecule has 0 aromatic heterocycles. The Morgan fingerprint density at radius 1 is 0.808 bits per heavy atom. The first kappa shape index (κ1) is 17.7. The van der Waals surface area contributed by atoms with Crippen LogP contribution in [0.1, 0.15) is 28.2 Å². The Kier molecular flexibility index (Phi) is 5.69. The molecule has 0 aliphatic carbocycles. The normalized spacial score (nSPS) is 10.6. The molecule has 0 aliphatic rings. The number of anilines is 1. The van der Waals surface area contributed by atoms with Crippen LogP contribution in [0.3, 0.4) is 0 Å². The van der Waals surface area contributed by atoms with Crippen LogP contribution >= 0.6 is 0 Å². The van der Waals surface area contributed by atoms with E-state index in [1.54, 1.807) is 0 Å². The van der Waals surface area contributed by atoms with Crippen molar-refractivity contribution in [3.8, 4) is 0 Å². The van der Waals surface area contributed by atoms with Crippen LogP contribution in [0, 0.1) is 13.8 Å². The van der Waals surface area contributed by atoms with Crippen LogP contribution in [0.15, 0.2) is 78.9 Å². The van der Waals surface area contributed by atoms with Crippen molar-refractivity contribution in [3.05, 3.63) is 101 Å². The molecule has 0 saturated carbocycles. The van der Waals surface area contributed by atoms with Gasteiger partial charge in [-0.2, -0.15) is 0 Å². The summed E-state index contributed by atoms with van der Waals surface area (Å²) in [6, 6.07) is 26.3. The number of hydrogen-bond donors (Lipinski definition) is 2. The summed E-state index contributed by atoms with van der Waals surface area (Å²) in [7, 11) is 0. The van der Waals surface area contributed by atoms with Gasteiger partial charge in [0.2, 0.25) is 0 Å². The number of amides is 2. The topological polar surface area (TPSA) is 41.1 Å². The lowest BCUT2D eigenvalue weighted by Gasteiger charge is -2.19. The molecule has 3 aromatic carbocycles.